The minimum Gasteiger partial charge on any atom is -0.462 e. The van der Waals surface area contributed by atoms with Crippen molar-refractivity contribution in [2.75, 3.05) is 12.3 Å². The summed E-state index contributed by atoms with van der Waals surface area (Å²) in [5.74, 6) is -0.477. The Morgan fingerprint density at radius 2 is 2.20 bits per heavy atom. The van der Waals surface area contributed by atoms with E-state index in [1.807, 2.05) is 13.0 Å². The van der Waals surface area contributed by atoms with Crippen LogP contribution in [0.2, 0.25) is 10.0 Å². The van der Waals surface area contributed by atoms with E-state index >= 15 is 0 Å². The van der Waals surface area contributed by atoms with Crippen LogP contribution in [0.4, 0.5) is 5.00 Å². The summed E-state index contributed by atoms with van der Waals surface area (Å²) in [6.07, 6.45) is 0. The summed E-state index contributed by atoms with van der Waals surface area (Å²) in [4.78, 5) is 12.5. The number of ether oxygens (including phenoxy) is 1. The standard InChI is InChI=1S/C17H17Cl2N3O2S/c1-3-24-17(23)15-13(12(7-20)16(21)25-15)8-22-9(2)11-5-4-10(18)6-14(11)19/h4-6,9,22H,3,8,21H2,1-2H3/t9-/m1/s1. The molecule has 0 amide bonds. The van der Waals surface area contributed by atoms with Crippen LogP contribution < -0.4 is 11.1 Å². The number of carbonyl (C=O) groups is 1. The van der Waals surface area contributed by atoms with Gasteiger partial charge in [0.05, 0.1) is 12.2 Å². The monoisotopic (exact) mass is 397 g/mol. The average Bonchev–Trinajstić information content (AvgIpc) is 2.88. The fraction of sp³-hybridized carbons (Fsp3) is 0.294. The molecule has 0 aliphatic rings. The Balaban J connectivity index is 2.24. The van der Waals surface area contributed by atoms with Crippen molar-refractivity contribution in [3.05, 3.63) is 49.8 Å². The third-order valence-electron chi connectivity index (χ3n) is 3.62. The number of halogens is 2. The molecule has 25 heavy (non-hydrogen) atoms. The SMILES string of the molecule is CCOC(=O)c1sc(N)c(C#N)c1CN[C@H](C)c1ccc(Cl)cc1Cl. The van der Waals surface area contributed by atoms with Crippen molar-refractivity contribution < 1.29 is 9.53 Å². The lowest BCUT2D eigenvalue weighted by molar-refractivity contribution is 0.0530. The molecule has 1 heterocycles. The first-order chi connectivity index (χ1) is 11.9. The van der Waals surface area contributed by atoms with Crippen molar-refractivity contribution in [1.82, 2.24) is 5.32 Å². The van der Waals surface area contributed by atoms with E-state index in [-0.39, 0.29) is 19.2 Å². The minimum atomic E-state index is -0.477. The second-order valence-electron chi connectivity index (χ2n) is 5.25. The van der Waals surface area contributed by atoms with Gasteiger partial charge in [-0.25, -0.2) is 4.79 Å². The first kappa shape index (κ1) is 19.5. The van der Waals surface area contributed by atoms with Crippen LogP contribution >= 0.6 is 34.5 Å². The minimum absolute atomic E-state index is 0.118. The second kappa shape index (κ2) is 8.54. The van der Waals surface area contributed by atoms with Crippen molar-refractivity contribution >= 4 is 45.5 Å². The number of hydrogen-bond donors (Lipinski definition) is 2. The Morgan fingerprint density at radius 3 is 2.80 bits per heavy atom. The van der Waals surface area contributed by atoms with Crippen LogP contribution in [0, 0.1) is 11.3 Å². The molecule has 0 saturated carbocycles. The number of carbonyl (C=O) groups excluding carboxylic acids is 1. The number of anilines is 1. The maximum absolute atomic E-state index is 12.1. The maximum atomic E-state index is 12.1. The Hall–Kier alpha value is -1.78. The van der Waals surface area contributed by atoms with Crippen molar-refractivity contribution in [3.63, 3.8) is 0 Å². The highest BCUT2D eigenvalue weighted by Crippen LogP contribution is 2.32. The van der Waals surface area contributed by atoms with Gasteiger partial charge in [0, 0.05) is 28.2 Å². The fourth-order valence-electron chi connectivity index (χ4n) is 2.36. The van der Waals surface area contributed by atoms with Crippen LogP contribution in [0.15, 0.2) is 18.2 Å². The first-order valence-electron chi connectivity index (χ1n) is 7.55. The largest absolute Gasteiger partial charge is 0.462 e. The number of thiophene rings is 1. The molecular formula is C17H17Cl2N3O2S. The first-order valence-corrected chi connectivity index (χ1v) is 9.12. The third-order valence-corrected chi connectivity index (χ3v) is 5.22. The molecule has 1 atom stereocenters. The van der Waals surface area contributed by atoms with E-state index in [0.29, 0.717) is 31.1 Å². The molecule has 0 unspecified atom stereocenters. The highest BCUT2D eigenvalue weighted by molar-refractivity contribution is 7.18. The van der Waals surface area contributed by atoms with Gasteiger partial charge in [0.25, 0.3) is 0 Å². The molecule has 132 valence electrons. The van der Waals surface area contributed by atoms with Crippen LogP contribution in [-0.4, -0.2) is 12.6 Å². The van der Waals surface area contributed by atoms with Gasteiger partial charge in [-0.1, -0.05) is 29.3 Å². The number of nitrogens with zero attached hydrogens (tertiary/aromatic N) is 1. The number of nitrogens with one attached hydrogen (secondary N) is 1. The van der Waals surface area contributed by atoms with Crippen LogP contribution in [0.3, 0.4) is 0 Å². The zero-order valence-corrected chi connectivity index (χ0v) is 16.1. The number of benzene rings is 1. The molecule has 8 heteroatoms. The fourth-order valence-corrected chi connectivity index (χ4v) is 3.86. The molecular weight excluding hydrogens is 381 g/mol. The predicted molar refractivity (Wildman–Crippen MR) is 101 cm³/mol. The maximum Gasteiger partial charge on any atom is 0.348 e. The normalized spacial score (nSPS) is 11.8. The summed E-state index contributed by atoms with van der Waals surface area (Å²) in [5, 5.41) is 14.0. The Morgan fingerprint density at radius 1 is 1.48 bits per heavy atom. The van der Waals surface area contributed by atoms with E-state index in [9.17, 15) is 10.1 Å². The van der Waals surface area contributed by atoms with Crippen LogP contribution in [0.5, 0.6) is 0 Å². The molecule has 0 saturated heterocycles. The zero-order chi connectivity index (χ0) is 18.6. The van der Waals surface area contributed by atoms with Crippen molar-refractivity contribution in [3.8, 4) is 6.07 Å². The molecule has 5 nitrogen and oxygen atoms in total. The van der Waals surface area contributed by atoms with E-state index in [4.69, 9.17) is 33.7 Å². The lowest BCUT2D eigenvalue weighted by Crippen LogP contribution is -2.20. The van der Waals surface area contributed by atoms with Gasteiger partial charge in [-0.2, -0.15) is 5.26 Å². The molecule has 1 aromatic heterocycles. The molecule has 2 aromatic rings. The van der Waals surface area contributed by atoms with Gasteiger partial charge < -0.3 is 15.8 Å². The molecule has 2 rings (SSSR count). The second-order valence-corrected chi connectivity index (χ2v) is 7.15. The quantitative estimate of drug-likeness (QED) is 0.698. The number of hydrogen-bond acceptors (Lipinski definition) is 6. The van der Waals surface area contributed by atoms with E-state index in [2.05, 4.69) is 11.4 Å². The Labute approximate surface area is 160 Å². The van der Waals surface area contributed by atoms with Gasteiger partial charge in [0.1, 0.15) is 15.9 Å². The van der Waals surface area contributed by atoms with Crippen molar-refractivity contribution in [2.24, 2.45) is 0 Å². The lowest BCUT2D eigenvalue weighted by Gasteiger charge is -2.16. The topological polar surface area (TPSA) is 88.1 Å². The lowest BCUT2D eigenvalue weighted by atomic mass is 10.1. The molecule has 0 radical (unpaired) electrons. The van der Waals surface area contributed by atoms with Crippen LogP contribution in [-0.2, 0) is 11.3 Å². The number of nitrogens with two attached hydrogens (primary N) is 1. The average molecular weight is 398 g/mol. The van der Waals surface area contributed by atoms with E-state index < -0.39 is 5.97 Å². The van der Waals surface area contributed by atoms with Crippen molar-refractivity contribution in [2.45, 2.75) is 26.4 Å². The zero-order valence-electron chi connectivity index (χ0n) is 13.7. The molecule has 0 fully saturated rings. The molecule has 1 aromatic carbocycles. The summed E-state index contributed by atoms with van der Waals surface area (Å²) < 4.78 is 5.05. The number of nitrogen functional groups attached to an aromatic ring is 1. The number of esters is 1. The third kappa shape index (κ3) is 4.44. The number of nitriles is 1. The molecule has 0 bridgehead atoms. The van der Waals surface area contributed by atoms with Gasteiger partial charge in [0.15, 0.2) is 0 Å². The summed E-state index contributed by atoms with van der Waals surface area (Å²) >= 11 is 13.2. The van der Waals surface area contributed by atoms with E-state index in [1.165, 1.54) is 0 Å². The summed E-state index contributed by atoms with van der Waals surface area (Å²) in [5.41, 5.74) is 7.58. The highest BCUT2D eigenvalue weighted by atomic mass is 35.5. The smallest absolute Gasteiger partial charge is 0.348 e. The van der Waals surface area contributed by atoms with E-state index in [1.54, 1.807) is 19.1 Å². The summed E-state index contributed by atoms with van der Waals surface area (Å²) in [6, 6.07) is 7.20. The Bertz CT molecular complexity index is 830. The summed E-state index contributed by atoms with van der Waals surface area (Å²) in [6.45, 7) is 4.19. The summed E-state index contributed by atoms with van der Waals surface area (Å²) in [7, 11) is 0. The van der Waals surface area contributed by atoms with Gasteiger partial charge in [-0.15, -0.1) is 11.3 Å². The van der Waals surface area contributed by atoms with Crippen molar-refractivity contribution in [1.29, 1.82) is 5.26 Å². The number of rotatable bonds is 6. The van der Waals surface area contributed by atoms with Gasteiger partial charge in [-0.05, 0) is 31.5 Å². The Kier molecular flexibility index (Phi) is 6.68. The van der Waals surface area contributed by atoms with E-state index in [0.717, 1.165) is 16.9 Å². The van der Waals surface area contributed by atoms with Gasteiger partial charge in [0.2, 0.25) is 0 Å². The van der Waals surface area contributed by atoms with Gasteiger partial charge >= 0.3 is 5.97 Å². The molecule has 0 spiro atoms. The molecule has 0 aliphatic heterocycles. The van der Waals surface area contributed by atoms with Crippen LogP contribution in [0.25, 0.3) is 0 Å². The highest BCUT2D eigenvalue weighted by Gasteiger charge is 2.23. The molecule has 3 N–H and O–H groups in total. The van der Waals surface area contributed by atoms with Crippen LogP contribution in [0.1, 0.15) is 46.3 Å². The molecule has 0 aliphatic carbocycles. The van der Waals surface area contributed by atoms with Gasteiger partial charge in [-0.3, -0.25) is 0 Å². The predicted octanol–water partition coefficient (Wildman–Crippen LogP) is 4.54.